The molecule has 0 amide bonds. The average Bonchev–Trinajstić information content (AvgIpc) is 2.80. The lowest BCUT2D eigenvalue weighted by Crippen LogP contribution is -2.46. The Hall–Kier alpha value is -1.82. The fourth-order valence-electron chi connectivity index (χ4n) is 2.64. The summed E-state index contributed by atoms with van der Waals surface area (Å²) in [6.45, 7) is 9.75. The number of nitrogens with zero attached hydrogens (tertiary/aromatic N) is 5. The van der Waals surface area contributed by atoms with Crippen molar-refractivity contribution in [1.29, 1.82) is 0 Å². The van der Waals surface area contributed by atoms with Crippen LogP contribution in [-0.4, -0.2) is 52.2 Å². The molecule has 0 atom stereocenters. The maximum atomic E-state index is 5.66. The molecule has 0 saturated carbocycles. The van der Waals surface area contributed by atoms with Gasteiger partial charge in [-0.05, 0) is 25.1 Å². The number of nitrogen functional groups attached to an aromatic ring is 1. The second-order valence-corrected chi connectivity index (χ2v) is 5.04. The molecule has 0 aliphatic carbocycles. The summed E-state index contributed by atoms with van der Waals surface area (Å²) in [6, 6.07) is 2.17. The minimum absolute atomic E-state index is 0.330. The van der Waals surface area contributed by atoms with Crippen LogP contribution in [0.4, 0.5) is 11.6 Å². The quantitative estimate of drug-likeness (QED) is 0.864. The lowest BCUT2D eigenvalue weighted by Gasteiger charge is -2.35. The van der Waals surface area contributed by atoms with Crippen molar-refractivity contribution >= 4 is 17.3 Å². The summed E-state index contributed by atoms with van der Waals surface area (Å²) in [5, 5.41) is 4.21. The maximum absolute atomic E-state index is 5.66. The number of hydrogen-bond donors (Lipinski definition) is 1. The summed E-state index contributed by atoms with van der Waals surface area (Å²) in [7, 11) is 0. The Balaban J connectivity index is 1.89. The molecule has 2 aromatic rings. The standard InChI is InChI=1S/C13H20N6/c1-3-17-4-6-18(7-5-17)11-8-10(2)12-15-13(14)16-19(12)9-11/h8-9H,3-7H2,1-2H3,(H2,14,16). The minimum atomic E-state index is 0.330. The normalized spacial score (nSPS) is 17.3. The zero-order chi connectivity index (χ0) is 13.4. The lowest BCUT2D eigenvalue weighted by atomic mass is 10.2. The second kappa shape index (κ2) is 4.70. The van der Waals surface area contributed by atoms with Gasteiger partial charge in [-0.25, -0.2) is 4.52 Å². The van der Waals surface area contributed by atoms with E-state index in [-0.39, 0.29) is 0 Å². The van der Waals surface area contributed by atoms with Crippen LogP contribution in [0, 0.1) is 6.92 Å². The molecule has 2 N–H and O–H groups in total. The van der Waals surface area contributed by atoms with Gasteiger partial charge in [-0.2, -0.15) is 4.98 Å². The molecule has 3 heterocycles. The Morgan fingerprint density at radius 1 is 1.26 bits per heavy atom. The fraction of sp³-hybridized carbons (Fsp3) is 0.538. The van der Waals surface area contributed by atoms with Crippen molar-refractivity contribution in [2.45, 2.75) is 13.8 Å². The molecule has 6 heteroatoms. The molecule has 1 saturated heterocycles. The Morgan fingerprint density at radius 2 is 2.00 bits per heavy atom. The van der Waals surface area contributed by atoms with Gasteiger partial charge in [-0.1, -0.05) is 6.92 Å². The van der Waals surface area contributed by atoms with Crippen LogP contribution in [0.15, 0.2) is 12.3 Å². The van der Waals surface area contributed by atoms with Crippen molar-refractivity contribution in [3.8, 4) is 0 Å². The fourth-order valence-corrected chi connectivity index (χ4v) is 2.64. The van der Waals surface area contributed by atoms with Crippen LogP contribution in [-0.2, 0) is 0 Å². The first-order valence-electron chi connectivity index (χ1n) is 6.77. The number of likely N-dealkylation sites (N-methyl/N-ethyl adjacent to an activating group) is 1. The Morgan fingerprint density at radius 3 is 2.68 bits per heavy atom. The van der Waals surface area contributed by atoms with E-state index in [1.807, 2.05) is 6.20 Å². The van der Waals surface area contributed by atoms with Gasteiger partial charge in [0.15, 0.2) is 5.65 Å². The first-order valence-corrected chi connectivity index (χ1v) is 6.77. The van der Waals surface area contributed by atoms with Crippen molar-refractivity contribution in [3.63, 3.8) is 0 Å². The SMILES string of the molecule is CCN1CCN(c2cc(C)c3nc(N)nn3c2)CC1. The topological polar surface area (TPSA) is 62.7 Å². The van der Waals surface area contributed by atoms with Crippen LogP contribution >= 0.6 is 0 Å². The van der Waals surface area contributed by atoms with Crippen molar-refractivity contribution < 1.29 is 0 Å². The summed E-state index contributed by atoms with van der Waals surface area (Å²) < 4.78 is 1.78. The van der Waals surface area contributed by atoms with E-state index < -0.39 is 0 Å². The second-order valence-electron chi connectivity index (χ2n) is 5.04. The van der Waals surface area contributed by atoms with Crippen molar-refractivity contribution in [3.05, 3.63) is 17.8 Å². The molecule has 0 spiro atoms. The third-order valence-corrected chi connectivity index (χ3v) is 3.80. The number of fused-ring (bicyclic) bond motifs is 1. The van der Waals surface area contributed by atoms with E-state index in [2.05, 4.69) is 39.8 Å². The van der Waals surface area contributed by atoms with Crippen LogP contribution in [0.5, 0.6) is 0 Å². The van der Waals surface area contributed by atoms with Crippen LogP contribution in [0.25, 0.3) is 5.65 Å². The first-order chi connectivity index (χ1) is 9.17. The molecule has 19 heavy (non-hydrogen) atoms. The summed E-state index contributed by atoms with van der Waals surface area (Å²) in [4.78, 5) is 9.09. The molecular weight excluding hydrogens is 240 g/mol. The number of aromatic nitrogens is 3. The molecule has 6 nitrogen and oxygen atoms in total. The van der Waals surface area contributed by atoms with Gasteiger partial charge in [0.05, 0.1) is 11.9 Å². The minimum Gasteiger partial charge on any atom is -0.368 e. The van der Waals surface area contributed by atoms with Crippen molar-refractivity contribution in [2.75, 3.05) is 43.4 Å². The van der Waals surface area contributed by atoms with Gasteiger partial charge in [-0.15, -0.1) is 5.10 Å². The molecule has 1 fully saturated rings. The Bertz CT molecular complexity index is 582. The molecule has 2 aromatic heterocycles. The number of pyridine rings is 1. The zero-order valence-electron chi connectivity index (χ0n) is 11.5. The van der Waals surface area contributed by atoms with Gasteiger partial charge in [0.1, 0.15) is 0 Å². The van der Waals surface area contributed by atoms with E-state index in [0.717, 1.165) is 43.9 Å². The van der Waals surface area contributed by atoms with Gasteiger partial charge < -0.3 is 15.5 Å². The Kier molecular flexibility index (Phi) is 3.02. The number of rotatable bonds is 2. The number of nitrogens with two attached hydrogens (primary N) is 1. The van der Waals surface area contributed by atoms with Gasteiger partial charge in [0, 0.05) is 26.2 Å². The molecule has 102 valence electrons. The molecule has 0 radical (unpaired) electrons. The highest BCUT2D eigenvalue weighted by Crippen LogP contribution is 2.20. The van der Waals surface area contributed by atoms with Gasteiger partial charge in [0.25, 0.3) is 0 Å². The number of aryl methyl sites for hydroxylation is 1. The highest BCUT2D eigenvalue weighted by molar-refractivity contribution is 5.58. The van der Waals surface area contributed by atoms with Crippen molar-refractivity contribution in [2.24, 2.45) is 0 Å². The predicted octanol–water partition coefficient (Wildman–Crippen LogP) is 0.762. The Labute approximate surface area is 112 Å². The van der Waals surface area contributed by atoms with Crippen LogP contribution in [0.2, 0.25) is 0 Å². The molecule has 0 bridgehead atoms. The third kappa shape index (κ3) is 2.23. The summed E-state index contributed by atoms with van der Waals surface area (Å²) in [5.41, 5.74) is 8.81. The highest BCUT2D eigenvalue weighted by Gasteiger charge is 2.17. The third-order valence-electron chi connectivity index (χ3n) is 3.80. The van der Waals surface area contributed by atoms with E-state index in [1.165, 1.54) is 5.69 Å². The number of hydrogen-bond acceptors (Lipinski definition) is 5. The summed E-state index contributed by atoms with van der Waals surface area (Å²) in [5.74, 6) is 0.330. The molecule has 1 aliphatic rings. The zero-order valence-corrected chi connectivity index (χ0v) is 11.5. The molecule has 1 aliphatic heterocycles. The lowest BCUT2D eigenvalue weighted by molar-refractivity contribution is 0.271. The largest absolute Gasteiger partial charge is 0.368 e. The van der Waals surface area contributed by atoms with E-state index in [0.29, 0.717) is 5.95 Å². The van der Waals surface area contributed by atoms with E-state index in [4.69, 9.17) is 5.73 Å². The smallest absolute Gasteiger partial charge is 0.240 e. The maximum Gasteiger partial charge on any atom is 0.240 e. The first kappa shape index (κ1) is 12.2. The van der Waals surface area contributed by atoms with Crippen molar-refractivity contribution in [1.82, 2.24) is 19.5 Å². The molecular formula is C13H20N6. The van der Waals surface area contributed by atoms with E-state index in [9.17, 15) is 0 Å². The average molecular weight is 260 g/mol. The molecule has 0 unspecified atom stereocenters. The summed E-state index contributed by atoms with van der Waals surface area (Å²) in [6.07, 6.45) is 2.02. The van der Waals surface area contributed by atoms with Crippen LogP contribution < -0.4 is 10.6 Å². The van der Waals surface area contributed by atoms with Crippen LogP contribution in [0.3, 0.4) is 0 Å². The highest BCUT2D eigenvalue weighted by atomic mass is 15.3. The van der Waals surface area contributed by atoms with Crippen LogP contribution in [0.1, 0.15) is 12.5 Å². The summed E-state index contributed by atoms with van der Waals surface area (Å²) >= 11 is 0. The predicted molar refractivity (Wildman–Crippen MR) is 76.5 cm³/mol. The van der Waals surface area contributed by atoms with Gasteiger partial charge >= 0.3 is 0 Å². The number of anilines is 2. The number of piperazine rings is 1. The van der Waals surface area contributed by atoms with Gasteiger partial charge in [-0.3, -0.25) is 0 Å². The molecule has 3 rings (SSSR count). The van der Waals surface area contributed by atoms with E-state index in [1.54, 1.807) is 4.52 Å². The van der Waals surface area contributed by atoms with E-state index >= 15 is 0 Å². The molecule has 0 aromatic carbocycles. The monoisotopic (exact) mass is 260 g/mol. The van der Waals surface area contributed by atoms with Gasteiger partial charge in [0.2, 0.25) is 5.95 Å².